The second kappa shape index (κ2) is 9.71. The third-order valence-electron chi connectivity index (χ3n) is 4.77. The van der Waals surface area contributed by atoms with Gasteiger partial charge in [0.05, 0.1) is 10.6 Å². The third kappa shape index (κ3) is 5.46. The minimum atomic E-state index is -0.357. The van der Waals surface area contributed by atoms with Crippen LogP contribution in [0.25, 0.3) is 0 Å². The minimum Gasteiger partial charge on any atom is -0.368 e. The van der Waals surface area contributed by atoms with Crippen LogP contribution >= 0.6 is 23.8 Å². The predicted molar refractivity (Wildman–Crippen MR) is 121 cm³/mol. The zero-order chi connectivity index (χ0) is 20.8. The lowest BCUT2D eigenvalue weighted by Gasteiger charge is -2.36. The first kappa shape index (κ1) is 21.1. The normalized spacial score (nSPS) is 13.7. The SMILES string of the molecule is CCC(=O)N1CCN(c2ccc(NC(=S)NC(=O)c3ccccc3Cl)cc2)CC1. The van der Waals surface area contributed by atoms with Gasteiger partial charge in [-0.1, -0.05) is 30.7 Å². The second-order valence-corrected chi connectivity index (χ2v) is 7.47. The molecule has 0 radical (unpaired) electrons. The Kier molecular flexibility index (Phi) is 7.06. The summed E-state index contributed by atoms with van der Waals surface area (Å²) in [6.45, 7) is 4.99. The van der Waals surface area contributed by atoms with Crippen molar-refractivity contribution in [3.63, 3.8) is 0 Å². The Balaban J connectivity index is 1.53. The summed E-state index contributed by atoms with van der Waals surface area (Å²) in [6, 6.07) is 14.6. The number of carbonyl (C=O) groups is 2. The molecule has 0 unspecified atom stereocenters. The number of nitrogens with zero attached hydrogens (tertiary/aromatic N) is 2. The molecular formula is C21H23ClN4O2S. The molecule has 0 aromatic heterocycles. The van der Waals surface area contributed by atoms with Crippen molar-refractivity contribution >= 4 is 52.1 Å². The third-order valence-corrected chi connectivity index (χ3v) is 5.30. The van der Waals surface area contributed by atoms with Crippen LogP contribution in [-0.4, -0.2) is 48.0 Å². The van der Waals surface area contributed by atoms with Gasteiger partial charge in [-0.05, 0) is 48.6 Å². The van der Waals surface area contributed by atoms with Crippen molar-refractivity contribution in [2.75, 3.05) is 36.4 Å². The van der Waals surface area contributed by atoms with Gasteiger partial charge in [-0.3, -0.25) is 14.9 Å². The number of thiocarbonyl (C=S) groups is 1. The summed E-state index contributed by atoms with van der Waals surface area (Å²) >= 11 is 11.3. The van der Waals surface area contributed by atoms with Crippen LogP contribution in [0.2, 0.25) is 5.02 Å². The largest absolute Gasteiger partial charge is 0.368 e. The number of carbonyl (C=O) groups excluding carboxylic acids is 2. The molecule has 0 aliphatic carbocycles. The predicted octanol–water partition coefficient (Wildman–Crippen LogP) is 3.53. The minimum absolute atomic E-state index is 0.203. The van der Waals surface area contributed by atoms with E-state index in [0.717, 1.165) is 37.6 Å². The van der Waals surface area contributed by atoms with Gasteiger partial charge in [0, 0.05) is 44.0 Å². The lowest BCUT2D eigenvalue weighted by molar-refractivity contribution is -0.131. The highest BCUT2D eigenvalue weighted by Gasteiger charge is 2.20. The molecule has 0 spiro atoms. The van der Waals surface area contributed by atoms with Gasteiger partial charge in [0.1, 0.15) is 0 Å². The first-order chi connectivity index (χ1) is 14.0. The van der Waals surface area contributed by atoms with Gasteiger partial charge >= 0.3 is 0 Å². The van der Waals surface area contributed by atoms with Gasteiger partial charge in [-0.25, -0.2) is 0 Å². The van der Waals surface area contributed by atoms with E-state index in [2.05, 4.69) is 15.5 Å². The lowest BCUT2D eigenvalue weighted by Crippen LogP contribution is -2.48. The maximum Gasteiger partial charge on any atom is 0.258 e. The molecule has 2 N–H and O–H groups in total. The van der Waals surface area contributed by atoms with E-state index >= 15 is 0 Å². The summed E-state index contributed by atoms with van der Waals surface area (Å²) in [5.41, 5.74) is 2.23. The quantitative estimate of drug-likeness (QED) is 0.726. The number of nitrogens with one attached hydrogen (secondary N) is 2. The molecule has 1 fully saturated rings. The fourth-order valence-electron chi connectivity index (χ4n) is 3.17. The van der Waals surface area contributed by atoms with E-state index in [0.29, 0.717) is 17.0 Å². The highest BCUT2D eigenvalue weighted by atomic mass is 35.5. The molecule has 2 aromatic carbocycles. The Labute approximate surface area is 180 Å². The van der Waals surface area contributed by atoms with Gasteiger partial charge < -0.3 is 15.1 Å². The van der Waals surface area contributed by atoms with Crippen molar-refractivity contribution < 1.29 is 9.59 Å². The molecule has 152 valence electrons. The van der Waals surface area contributed by atoms with Crippen LogP contribution < -0.4 is 15.5 Å². The van der Waals surface area contributed by atoms with Crippen molar-refractivity contribution in [3.8, 4) is 0 Å². The van der Waals surface area contributed by atoms with Gasteiger partial charge in [0.15, 0.2) is 5.11 Å². The molecule has 2 amide bonds. The number of hydrogen-bond donors (Lipinski definition) is 2. The summed E-state index contributed by atoms with van der Waals surface area (Å²) in [5, 5.41) is 6.22. The number of amides is 2. The highest BCUT2D eigenvalue weighted by molar-refractivity contribution is 7.80. The Hall–Kier alpha value is -2.64. The second-order valence-electron chi connectivity index (χ2n) is 6.66. The van der Waals surface area contributed by atoms with Crippen molar-refractivity contribution in [2.45, 2.75) is 13.3 Å². The van der Waals surface area contributed by atoms with Gasteiger partial charge in [0.2, 0.25) is 5.91 Å². The Bertz CT molecular complexity index is 896. The molecule has 6 nitrogen and oxygen atoms in total. The Morgan fingerprint density at radius 2 is 1.69 bits per heavy atom. The number of benzene rings is 2. The molecule has 29 heavy (non-hydrogen) atoms. The van der Waals surface area contributed by atoms with E-state index in [9.17, 15) is 9.59 Å². The van der Waals surface area contributed by atoms with E-state index in [4.69, 9.17) is 23.8 Å². The molecule has 2 aromatic rings. The fraction of sp³-hybridized carbons (Fsp3) is 0.286. The van der Waals surface area contributed by atoms with Crippen molar-refractivity contribution in [1.82, 2.24) is 10.2 Å². The van der Waals surface area contributed by atoms with E-state index in [1.165, 1.54) is 0 Å². The zero-order valence-electron chi connectivity index (χ0n) is 16.2. The summed E-state index contributed by atoms with van der Waals surface area (Å²) in [4.78, 5) is 28.2. The summed E-state index contributed by atoms with van der Waals surface area (Å²) in [7, 11) is 0. The number of rotatable bonds is 4. The molecule has 0 saturated carbocycles. The first-order valence-electron chi connectivity index (χ1n) is 9.47. The summed E-state index contributed by atoms with van der Waals surface area (Å²) < 4.78 is 0. The van der Waals surface area contributed by atoms with Crippen LogP contribution in [0.4, 0.5) is 11.4 Å². The number of hydrogen-bond acceptors (Lipinski definition) is 4. The molecule has 0 atom stereocenters. The fourth-order valence-corrected chi connectivity index (χ4v) is 3.60. The zero-order valence-corrected chi connectivity index (χ0v) is 17.7. The van der Waals surface area contributed by atoms with E-state index in [-0.39, 0.29) is 16.9 Å². The molecule has 0 bridgehead atoms. The van der Waals surface area contributed by atoms with Crippen LogP contribution in [0, 0.1) is 0 Å². The molecule has 1 saturated heterocycles. The molecular weight excluding hydrogens is 408 g/mol. The smallest absolute Gasteiger partial charge is 0.258 e. The maximum absolute atomic E-state index is 12.3. The molecule has 1 aliphatic rings. The van der Waals surface area contributed by atoms with Crippen LogP contribution in [0.5, 0.6) is 0 Å². The first-order valence-corrected chi connectivity index (χ1v) is 10.3. The molecule has 1 heterocycles. The van der Waals surface area contributed by atoms with Crippen molar-refractivity contribution in [2.24, 2.45) is 0 Å². The van der Waals surface area contributed by atoms with Crippen LogP contribution in [-0.2, 0) is 4.79 Å². The van der Waals surface area contributed by atoms with Crippen molar-refractivity contribution in [1.29, 1.82) is 0 Å². The Morgan fingerprint density at radius 1 is 1.03 bits per heavy atom. The van der Waals surface area contributed by atoms with Gasteiger partial charge in [-0.2, -0.15) is 0 Å². The monoisotopic (exact) mass is 430 g/mol. The molecule has 8 heteroatoms. The summed E-state index contributed by atoms with van der Waals surface area (Å²) in [6.07, 6.45) is 0.549. The topological polar surface area (TPSA) is 64.7 Å². The number of halogens is 1. The average molecular weight is 431 g/mol. The van der Waals surface area contributed by atoms with Crippen molar-refractivity contribution in [3.05, 3.63) is 59.1 Å². The van der Waals surface area contributed by atoms with E-state index < -0.39 is 0 Å². The highest BCUT2D eigenvalue weighted by Crippen LogP contribution is 2.20. The molecule has 3 rings (SSSR count). The number of anilines is 2. The summed E-state index contributed by atoms with van der Waals surface area (Å²) in [5.74, 6) is -0.152. The van der Waals surface area contributed by atoms with Crippen LogP contribution in [0.1, 0.15) is 23.7 Å². The standard InChI is InChI=1S/C21H23ClN4O2S/c1-2-19(27)26-13-11-25(12-14-26)16-9-7-15(8-10-16)23-21(29)24-20(28)17-5-3-4-6-18(17)22/h3-10H,2,11-14H2,1H3,(H2,23,24,28,29). The van der Waals surface area contributed by atoms with Gasteiger partial charge in [0.25, 0.3) is 5.91 Å². The maximum atomic E-state index is 12.3. The van der Waals surface area contributed by atoms with Crippen LogP contribution in [0.3, 0.4) is 0 Å². The van der Waals surface area contributed by atoms with E-state index in [1.54, 1.807) is 24.3 Å². The number of piperazine rings is 1. The van der Waals surface area contributed by atoms with E-state index in [1.807, 2.05) is 36.1 Å². The lowest BCUT2D eigenvalue weighted by atomic mass is 10.2. The molecule has 1 aliphatic heterocycles. The average Bonchev–Trinajstić information content (AvgIpc) is 2.74. The van der Waals surface area contributed by atoms with Gasteiger partial charge in [-0.15, -0.1) is 0 Å². The Morgan fingerprint density at radius 3 is 2.31 bits per heavy atom. The van der Waals surface area contributed by atoms with Crippen LogP contribution in [0.15, 0.2) is 48.5 Å².